The van der Waals surface area contributed by atoms with Crippen molar-refractivity contribution in [3.63, 3.8) is 0 Å². The van der Waals surface area contributed by atoms with Gasteiger partial charge in [0.15, 0.2) is 0 Å². The smallest absolute Gasteiger partial charge is 0.0122 e. The van der Waals surface area contributed by atoms with E-state index in [0.29, 0.717) is 0 Å². The quantitative estimate of drug-likeness (QED) is 0.611. The third-order valence-corrected chi connectivity index (χ3v) is 6.20. The van der Waals surface area contributed by atoms with E-state index in [1.165, 1.54) is 16.2 Å². The first-order chi connectivity index (χ1) is 10.4. The van der Waals surface area contributed by atoms with Gasteiger partial charge in [-0.05, 0) is 31.0 Å². The Morgan fingerprint density at radius 1 is 0.571 bits per heavy atom. The van der Waals surface area contributed by atoms with Gasteiger partial charge in [0.1, 0.15) is 0 Å². The zero-order chi connectivity index (χ0) is 14.5. The van der Waals surface area contributed by atoms with E-state index in [1.54, 1.807) is 0 Å². The van der Waals surface area contributed by atoms with Gasteiger partial charge in [-0.2, -0.15) is 0 Å². The molecule has 1 radical (unpaired) electrons. The molecule has 0 aliphatic rings. The Hall–Kier alpha value is -1.91. The zero-order valence-corrected chi connectivity index (χ0v) is 12.8. The molecule has 0 unspecified atom stereocenters. The summed E-state index contributed by atoms with van der Waals surface area (Å²) in [5.41, 5.74) is 1.56. The third kappa shape index (κ3) is 3.23. The van der Waals surface area contributed by atoms with Crippen molar-refractivity contribution in [1.82, 2.24) is 0 Å². The molecule has 0 nitrogen and oxygen atoms in total. The van der Waals surface area contributed by atoms with Crippen molar-refractivity contribution in [2.24, 2.45) is 0 Å². The van der Waals surface area contributed by atoms with Crippen LogP contribution in [0.3, 0.4) is 0 Å². The molecule has 0 aromatic heterocycles. The standard InChI is InChI=1S/C20H18P/c1-17(18-11-5-2-6-12-18)21(19-13-7-3-8-14-19)20-15-9-4-10-16-20/h2-17H,1H2/t17-/m1/s1. The summed E-state index contributed by atoms with van der Waals surface area (Å²) < 4.78 is 0. The molecule has 0 heterocycles. The van der Waals surface area contributed by atoms with Gasteiger partial charge in [0.25, 0.3) is 0 Å². The van der Waals surface area contributed by atoms with Crippen LogP contribution in [0, 0.1) is 6.92 Å². The minimum Gasteiger partial charge on any atom is -0.0622 e. The maximum absolute atomic E-state index is 4.49. The first kappa shape index (κ1) is 14.0. The first-order valence-corrected chi connectivity index (χ1v) is 8.55. The molecule has 0 aliphatic heterocycles. The van der Waals surface area contributed by atoms with Gasteiger partial charge < -0.3 is 0 Å². The molecule has 1 heteroatoms. The summed E-state index contributed by atoms with van der Waals surface area (Å²) in [5.74, 6) is 0. The molecule has 0 saturated heterocycles. The highest BCUT2D eigenvalue weighted by molar-refractivity contribution is 7.73. The number of hydrogen-bond donors (Lipinski definition) is 0. The van der Waals surface area contributed by atoms with Crippen LogP contribution in [0.4, 0.5) is 0 Å². The predicted octanol–water partition coefficient (Wildman–Crippen LogP) is 4.69. The molecular formula is C20H18P. The van der Waals surface area contributed by atoms with E-state index < -0.39 is 7.92 Å². The topological polar surface area (TPSA) is 0 Å². The van der Waals surface area contributed by atoms with E-state index in [9.17, 15) is 0 Å². The minimum absolute atomic E-state index is 0.256. The van der Waals surface area contributed by atoms with E-state index in [1.807, 2.05) is 0 Å². The molecule has 0 saturated carbocycles. The fraction of sp³-hybridized carbons (Fsp3) is 0.0500. The summed E-state index contributed by atoms with van der Waals surface area (Å²) in [6, 6.07) is 32.1. The second kappa shape index (κ2) is 6.70. The molecule has 0 aliphatic carbocycles. The molecule has 21 heavy (non-hydrogen) atoms. The van der Waals surface area contributed by atoms with Crippen LogP contribution in [-0.4, -0.2) is 0 Å². The molecule has 103 valence electrons. The average Bonchev–Trinajstić information content (AvgIpc) is 2.58. The lowest BCUT2D eigenvalue weighted by molar-refractivity contribution is 1.22. The molecule has 0 amide bonds. The monoisotopic (exact) mass is 289 g/mol. The normalized spacial score (nSPS) is 12.3. The molecule has 0 fully saturated rings. The van der Waals surface area contributed by atoms with E-state index in [2.05, 4.69) is 97.9 Å². The minimum atomic E-state index is -0.499. The van der Waals surface area contributed by atoms with Crippen molar-refractivity contribution in [3.8, 4) is 0 Å². The van der Waals surface area contributed by atoms with Gasteiger partial charge in [-0.3, -0.25) is 0 Å². The Morgan fingerprint density at radius 3 is 1.38 bits per heavy atom. The van der Waals surface area contributed by atoms with E-state index in [0.717, 1.165) is 0 Å². The Bertz CT molecular complexity index is 622. The van der Waals surface area contributed by atoms with Crippen LogP contribution in [0.2, 0.25) is 0 Å². The van der Waals surface area contributed by atoms with Gasteiger partial charge in [-0.15, -0.1) is 0 Å². The Labute approximate surface area is 128 Å². The van der Waals surface area contributed by atoms with Gasteiger partial charge >= 0.3 is 0 Å². The predicted molar refractivity (Wildman–Crippen MR) is 93.6 cm³/mol. The highest BCUT2D eigenvalue weighted by Gasteiger charge is 2.21. The van der Waals surface area contributed by atoms with Crippen molar-refractivity contribution in [2.75, 3.05) is 0 Å². The van der Waals surface area contributed by atoms with E-state index in [4.69, 9.17) is 0 Å². The second-order valence-corrected chi connectivity index (χ2v) is 7.36. The van der Waals surface area contributed by atoms with Crippen LogP contribution in [0.5, 0.6) is 0 Å². The van der Waals surface area contributed by atoms with Gasteiger partial charge in [0, 0.05) is 5.66 Å². The maximum Gasteiger partial charge on any atom is 0.0122 e. The highest BCUT2D eigenvalue weighted by atomic mass is 31.1. The van der Waals surface area contributed by atoms with Gasteiger partial charge in [0.05, 0.1) is 0 Å². The fourth-order valence-electron chi connectivity index (χ4n) is 2.51. The van der Waals surface area contributed by atoms with Gasteiger partial charge in [0.2, 0.25) is 0 Å². The third-order valence-electron chi connectivity index (χ3n) is 3.56. The maximum atomic E-state index is 4.49. The number of benzene rings is 3. The summed E-state index contributed by atoms with van der Waals surface area (Å²) in [4.78, 5) is 0. The van der Waals surface area contributed by atoms with Crippen molar-refractivity contribution >= 4 is 18.5 Å². The van der Waals surface area contributed by atoms with Crippen LogP contribution in [-0.2, 0) is 0 Å². The molecule has 3 aromatic carbocycles. The summed E-state index contributed by atoms with van der Waals surface area (Å²) in [6.07, 6.45) is 0. The molecule has 1 atom stereocenters. The first-order valence-electron chi connectivity index (χ1n) is 7.13. The molecule has 0 bridgehead atoms. The zero-order valence-electron chi connectivity index (χ0n) is 11.9. The number of rotatable bonds is 4. The molecular weight excluding hydrogens is 271 g/mol. The lowest BCUT2D eigenvalue weighted by Crippen LogP contribution is -2.15. The van der Waals surface area contributed by atoms with Crippen LogP contribution in [0.1, 0.15) is 11.2 Å². The number of hydrogen-bond acceptors (Lipinski definition) is 0. The molecule has 0 spiro atoms. The fourth-order valence-corrected chi connectivity index (χ4v) is 4.99. The second-order valence-electron chi connectivity index (χ2n) is 4.97. The lowest BCUT2D eigenvalue weighted by Gasteiger charge is -2.26. The summed E-state index contributed by atoms with van der Waals surface area (Å²) >= 11 is 0. The van der Waals surface area contributed by atoms with Gasteiger partial charge in [-0.25, -0.2) is 0 Å². The van der Waals surface area contributed by atoms with Crippen molar-refractivity contribution in [3.05, 3.63) is 103 Å². The van der Waals surface area contributed by atoms with Crippen LogP contribution >= 0.6 is 7.92 Å². The van der Waals surface area contributed by atoms with Crippen LogP contribution in [0.15, 0.2) is 91.0 Å². The summed E-state index contributed by atoms with van der Waals surface area (Å²) in [5, 5.41) is 2.75. The summed E-state index contributed by atoms with van der Waals surface area (Å²) in [7, 11) is -0.499. The van der Waals surface area contributed by atoms with Crippen molar-refractivity contribution in [2.45, 2.75) is 5.66 Å². The van der Waals surface area contributed by atoms with Crippen LogP contribution < -0.4 is 10.6 Å². The summed E-state index contributed by atoms with van der Waals surface area (Å²) in [6.45, 7) is 4.49. The van der Waals surface area contributed by atoms with Crippen molar-refractivity contribution in [1.29, 1.82) is 0 Å². The largest absolute Gasteiger partial charge is 0.0622 e. The van der Waals surface area contributed by atoms with Crippen LogP contribution in [0.25, 0.3) is 0 Å². The van der Waals surface area contributed by atoms with Gasteiger partial charge in [-0.1, -0.05) is 91.0 Å². The average molecular weight is 289 g/mol. The Balaban J connectivity index is 2.05. The SMILES string of the molecule is [CH2][C@H](c1ccccc1)P(c1ccccc1)c1ccccc1. The Kier molecular flexibility index (Phi) is 4.48. The molecule has 3 aromatic rings. The molecule has 0 N–H and O–H groups in total. The Morgan fingerprint density at radius 2 is 0.952 bits per heavy atom. The molecule has 3 rings (SSSR count). The highest BCUT2D eigenvalue weighted by Crippen LogP contribution is 2.48. The van der Waals surface area contributed by atoms with E-state index >= 15 is 0 Å². The van der Waals surface area contributed by atoms with Crippen molar-refractivity contribution < 1.29 is 0 Å². The lowest BCUT2D eigenvalue weighted by atomic mass is 10.2. The van der Waals surface area contributed by atoms with E-state index in [-0.39, 0.29) is 5.66 Å².